The van der Waals surface area contributed by atoms with Crippen LogP contribution in [0.15, 0.2) is 0 Å². The van der Waals surface area contributed by atoms with Gasteiger partial charge in [-0.05, 0) is 0 Å². The Hall–Kier alpha value is -0.210. The first-order valence-electron chi connectivity index (χ1n) is 2.57. The van der Waals surface area contributed by atoms with Crippen LogP contribution in [0, 0.1) is 6.42 Å². The second kappa shape index (κ2) is 2.19. The van der Waals surface area contributed by atoms with E-state index in [0.717, 1.165) is 13.0 Å². The van der Waals surface area contributed by atoms with Gasteiger partial charge in [-0.3, -0.25) is 0 Å². The minimum atomic E-state index is 0.319. The molecule has 0 aromatic rings. The maximum absolute atomic E-state index is 5.29. The zero-order chi connectivity index (χ0) is 5.11. The Bertz CT molecular complexity index is 50.0. The highest BCUT2D eigenvalue weighted by Gasteiger charge is 2.20. The molecule has 0 unspecified atom stereocenters. The molecule has 7 heavy (non-hydrogen) atoms. The predicted octanol–water partition coefficient (Wildman–Crippen LogP) is -0.0617. The number of rotatable bonds is 1. The molecule has 2 heteroatoms. The Morgan fingerprint density at radius 2 is 2.71 bits per heavy atom. The highest BCUT2D eigenvalue weighted by Crippen LogP contribution is 2.07. The van der Waals surface area contributed by atoms with Crippen LogP contribution in [0.2, 0.25) is 0 Å². The lowest BCUT2D eigenvalue weighted by molar-refractivity contribution is 0.120. The fourth-order valence-electron chi connectivity index (χ4n) is 0.690. The Morgan fingerprint density at radius 3 is 3.00 bits per heavy atom. The molecule has 2 N–H and O–H groups in total. The third-order valence-corrected chi connectivity index (χ3v) is 1.14. The summed E-state index contributed by atoms with van der Waals surface area (Å²) in [7, 11) is 0. The average Bonchev–Trinajstić information content (AvgIpc) is 2.14. The van der Waals surface area contributed by atoms with E-state index in [9.17, 15) is 0 Å². The lowest BCUT2D eigenvalue weighted by Gasteiger charge is -1.96. The maximum atomic E-state index is 5.29. The maximum Gasteiger partial charge on any atom is 0.187 e. The fourth-order valence-corrected chi connectivity index (χ4v) is 0.690. The van der Waals surface area contributed by atoms with Crippen molar-refractivity contribution in [3.63, 3.8) is 0 Å². The van der Waals surface area contributed by atoms with Crippen LogP contribution in [0.25, 0.3) is 0 Å². The van der Waals surface area contributed by atoms with E-state index in [1.807, 2.05) is 0 Å². The molecule has 1 saturated heterocycles. The summed E-state index contributed by atoms with van der Waals surface area (Å²) < 4.78 is 5.12. The van der Waals surface area contributed by atoms with Gasteiger partial charge in [0.25, 0.3) is 0 Å². The summed E-state index contributed by atoms with van der Waals surface area (Å²) in [6.45, 7) is 1.46. The van der Waals surface area contributed by atoms with Crippen LogP contribution in [-0.2, 0) is 4.74 Å². The molecule has 0 amide bonds. The Kier molecular flexibility index (Phi) is 1.54. The van der Waals surface area contributed by atoms with Gasteiger partial charge >= 0.3 is 0 Å². The zero-order valence-corrected chi connectivity index (χ0v) is 4.26. The van der Waals surface area contributed by atoms with Crippen LogP contribution < -0.4 is 5.73 Å². The van der Waals surface area contributed by atoms with Gasteiger partial charge in [-0.2, -0.15) is 0 Å². The van der Waals surface area contributed by atoms with E-state index in [1.165, 1.54) is 0 Å². The van der Waals surface area contributed by atoms with E-state index in [4.69, 9.17) is 10.5 Å². The van der Waals surface area contributed by atoms with Crippen molar-refractivity contribution in [3.8, 4) is 0 Å². The van der Waals surface area contributed by atoms with Crippen LogP contribution >= 0.6 is 0 Å². The van der Waals surface area contributed by atoms with Gasteiger partial charge in [0.15, 0.2) is 6.61 Å². The van der Waals surface area contributed by atoms with Crippen molar-refractivity contribution in [2.75, 3.05) is 13.2 Å². The molecule has 1 aliphatic rings. The van der Waals surface area contributed by atoms with Crippen LogP contribution in [0.4, 0.5) is 0 Å². The zero-order valence-electron chi connectivity index (χ0n) is 4.26. The monoisotopic (exact) mass is 100 g/mol. The standard InChI is InChI=1S/C5H10NO/c6-4-5-2-1-3-7-5/h1,5H,2-4,6H2/q+1/t5-/m0/s1. The molecule has 0 aromatic carbocycles. The van der Waals surface area contributed by atoms with E-state index in [2.05, 4.69) is 6.42 Å². The summed E-state index contributed by atoms with van der Waals surface area (Å²) in [5, 5.41) is 0. The van der Waals surface area contributed by atoms with Crippen molar-refractivity contribution in [1.29, 1.82) is 0 Å². The van der Waals surface area contributed by atoms with Crippen LogP contribution in [0.5, 0.6) is 0 Å². The van der Waals surface area contributed by atoms with Crippen LogP contribution in [-0.4, -0.2) is 19.3 Å². The van der Waals surface area contributed by atoms with Crippen molar-refractivity contribution in [2.24, 2.45) is 5.73 Å². The quantitative estimate of drug-likeness (QED) is 0.468. The first-order chi connectivity index (χ1) is 3.43. The van der Waals surface area contributed by atoms with Crippen LogP contribution in [0.1, 0.15) is 6.42 Å². The average molecular weight is 100 g/mol. The first kappa shape index (κ1) is 4.94. The summed E-state index contributed by atoms with van der Waals surface area (Å²) >= 11 is 0. The van der Waals surface area contributed by atoms with Gasteiger partial charge in [0, 0.05) is 6.54 Å². The van der Waals surface area contributed by atoms with Gasteiger partial charge in [0.05, 0.1) is 0 Å². The molecule has 1 heterocycles. The highest BCUT2D eigenvalue weighted by atomic mass is 16.5. The molecule has 1 atom stereocenters. The number of hydrogen-bond donors (Lipinski definition) is 1. The molecule has 0 bridgehead atoms. The third-order valence-electron chi connectivity index (χ3n) is 1.14. The van der Waals surface area contributed by atoms with E-state index < -0.39 is 0 Å². The van der Waals surface area contributed by atoms with Crippen LogP contribution in [0.3, 0.4) is 0 Å². The summed E-state index contributed by atoms with van der Waals surface area (Å²) in [4.78, 5) is 0. The molecular weight excluding hydrogens is 90.1 g/mol. The topological polar surface area (TPSA) is 35.2 Å². The number of nitrogens with two attached hydrogens (primary N) is 1. The van der Waals surface area contributed by atoms with Gasteiger partial charge in [-0.25, -0.2) is 0 Å². The second-order valence-corrected chi connectivity index (χ2v) is 1.72. The van der Waals surface area contributed by atoms with Crippen molar-refractivity contribution in [1.82, 2.24) is 0 Å². The molecule has 1 fully saturated rings. The van der Waals surface area contributed by atoms with Crippen molar-refractivity contribution in [3.05, 3.63) is 6.42 Å². The lowest BCUT2D eigenvalue weighted by Crippen LogP contribution is -2.17. The van der Waals surface area contributed by atoms with E-state index in [0.29, 0.717) is 12.6 Å². The van der Waals surface area contributed by atoms with E-state index in [1.54, 1.807) is 0 Å². The molecule has 1 aliphatic heterocycles. The molecule has 0 saturated carbocycles. The number of hydrogen-bond acceptors (Lipinski definition) is 2. The second-order valence-electron chi connectivity index (χ2n) is 1.72. The van der Waals surface area contributed by atoms with E-state index >= 15 is 0 Å². The largest absolute Gasteiger partial charge is 0.331 e. The minimum absolute atomic E-state index is 0.319. The van der Waals surface area contributed by atoms with Crippen molar-refractivity contribution < 1.29 is 4.74 Å². The van der Waals surface area contributed by atoms with E-state index in [-0.39, 0.29) is 0 Å². The van der Waals surface area contributed by atoms with Crippen molar-refractivity contribution >= 4 is 0 Å². The minimum Gasteiger partial charge on any atom is -0.331 e. The summed E-state index contributed by atoms with van der Waals surface area (Å²) in [5.41, 5.74) is 5.29. The molecule has 40 valence electrons. The van der Waals surface area contributed by atoms with Gasteiger partial charge in [-0.15, -0.1) is 0 Å². The summed E-state index contributed by atoms with van der Waals surface area (Å²) in [6, 6.07) is 0. The van der Waals surface area contributed by atoms with Gasteiger partial charge in [0.1, 0.15) is 18.9 Å². The predicted molar refractivity (Wildman–Crippen MR) is 27.7 cm³/mol. The molecule has 0 aliphatic carbocycles. The lowest BCUT2D eigenvalue weighted by atomic mass is 10.2. The highest BCUT2D eigenvalue weighted by molar-refractivity contribution is 4.78. The van der Waals surface area contributed by atoms with Gasteiger partial charge < -0.3 is 10.5 Å². The third kappa shape index (κ3) is 1.08. The molecule has 0 spiro atoms. The summed E-state index contributed by atoms with van der Waals surface area (Å²) in [6.07, 6.45) is 3.47. The summed E-state index contributed by atoms with van der Waals surface area (Å²) in [5.74, 6) is 0. The van der Waals surface area contributed by atoms with Crippen molar-refractivity contribution in [2.45, 2.75) is 12.5 Å². The molecule has 1 rings (SSSR count). The van der Waals surface area contributed by atoms with Gasteiger partial charge in [-0.1, -0.05) is 0 Å². The molecule has 0 aromatic heterocycles. The number of ether oxygens (including phenoxy) is 1. The molecule has 2 nitrogen and oxygen atoms in total. The smallest absolute Gasteiger partial charge is 0.187 e. The van der Waals surface area contributed by atoms with Gasteiger partial charge in [0.2, 0.25) is 0 Å². The first-order valence-corrected chi connectivity index (χ1v) is 2.57. The Labute approximate surface area is 43.6 Å². The normalized spacial score (nSPS) is 30.1. The molecular formula is C5H10NO+. The molecule has 0 radical (unpaired) electrons. The SMILES string of the molecule is NC[C@@H]1C[CH+]CO1. The fraction of sp³-hybridized carbons (Fsp3) is 0.800. The Morgan fingerprint density at radius 1 is 1.86 bits per heavy atom. The Balaban J connectivity index is 2.14.